The Kier molecular flexibility index (Phi) is 4.85. The summed E-state index contributed by atoms with van der Waals surface area (Å²) in [5.41, 5.74) is -0.723. The summed E-state index contributed by atoms with van der Waals surface area (Å²) in [7, 11) is 4.21. The summed E-state index contributed by atoms with van der Waals surface area (Å²) in [6, 6.07) is 0.868. The molecule has 0 aliphatic heterocycles. The van der Waals surface area contributed by atoms with Crippen LogP contribution in [0.25, 0.3) is 0 Å². The molecule has 0 radical (unpaired) electrons. The van der Waals surface area contributed by atoms with E-state index in [-0.39, 0.29) is 12.3 Å². The molecule has 110 valence electrons. The van der Waals surface area contributed by atoms with Gasteiger partial charge >= 0.3 is 0 Å². The standard InChI is InChI=1S/C15H28N2O2/c1-17(2)13-7-5-6-12(10-13)16-14(18)11-15(19)8-3-4-9-15/h12-13,19H,3-11H2,1-2H3,(H,16,18). The quantitative estimate of drug-likeness (QED) is 0.815. The second-order valence-electron chi connectivity index (χ2n) is 6.66. The Labute approximate surface area is 116 Å². The Morgan fingerprint density at radius 1 is 1.26 bits per heavy atom. The molecule has 2 atom stereocenters. The third-order valence-corrected chi connectivity index (χ3v) is 4.77. The first-order valence-corrected chi connectivity index (χ1v) is 7.67. The molecule has 2 rings (SSSR count). The van der Waals surface area contributed by atoms with Gasteiger partial charge in [-0.25, -0.2) is 0 Å². The van der Waals surface area contributed by atoms with Gasteiger partial charge in [0.25, 0.3) is 0 Å². The zero-order chi connectivity index (χ0) is 13.9. The number of rotatable bonds is 4. The lowest BCUT2D eigenvalue weighted by Gasteiger charge is -2.34. The van der Waals surface area contributed by atoms with Gasteiger partial charge in [0, 0.05) is 12.1 Å². The molecule has 0 bridgehead atoms. The van der Waals surface area contributed by atoms with Gasteiger partial charge in [0.2, 0.25) is 5.91 Å². The van der Waals surface area contributed by atoms with E-state index in [2.05, 4.69) is 24.3 Å². The van der Waals surface area contributed by atoms with E-state index in [4.69, 9.17) is 0 Å². The van der Waals surface area contributed by atoms with Crippen molar-refractivity contribution in [3.63, 3.8) is 0 Å². The van der Waals surface area contributed by atoms with Crippen molar-refractivity contribution in [3.8, 4) is 0 Å². The van der Waals surface area contributed by atoms with Crippen LogP contribution in [0.5, 0.6) is 0 Å². The average Bonchev–Trinajstić information content (AvgIpc) is 2.75. The van der Waals surface area contributed by atoms with Gasteiger partial charge in [-0.1, -0.05) is 12.8 Å². The molecule has 0 heterocycles. The second-order valence-corrected chi connectivity index (χ2v) is 6.66. The Hall–Kier alpha value is -0.610. The van der Waals surface area contributed by atoms with Crippen molar-refractivity contribution in [2.75, 3.05) is 14.1 Å². The van der Waals surface area contributed by atoms with Crippen LogP contribution in [0.4, 0.5) is 0 Å². The minimum absolute atomic E-state index is 0.0359. The smallest absolute Gasteiger partial charge is 0.223 e. The lowest BCUT2D eigenvalue weighted by atomic mass is 9.89. The van der Waals surface area contributed by atoms with E-state index in [0.717, 1.165) is 38.5 Å². The summed E-state index contributed by atoms with van der Waals surface area (Å²) < 4.78 is 0. The molecule has 0 spiro atoms. The van der Waals surface area contributed by atoms with Crippen molar-refractivity contribution in [2.24, 2.45) is 0 Å². The molecule has 2 fully saturated rings. The highest BCUT2D eigenvalue weighted by molar-refractivity contribution is 5.77. The molecule has 0 aromatic heterocycles. The van der Waals surface area contributed by atoms with E-state index >= 15 is 0 Å². The minimum Gasteiger partial charge on any atom is -0.389 e. The van der Waals surface area contributed by atoms with Crippen molar-refractivity contribution in [1.29, 1.82) is 0 Å². The van der Waals surface area contributed by atoms with Crippen molar-refractivity contribution >= 4 is 5.91 Å². The SMILES string of the molecule is CN(C)C1CCCC(NC(=O)CC2(O)CCCC2)C1. The molecule has 0 aromatic rings. The fourth-order valence-corrected chi connectivity index (χ4v) is 3.55. The van der Waals surface area contributed by atoms with Crippen LogP contribution < -0.4 is 5.32 Å². The first kappa shape index (κ1) is 14.8. The number of aliphatic hydroxyl groups is 1. The third kappa shape index (κ3) is 4.18. The van der Waals surface area contributed by atoms with Crippen LogP contribution in [-0.2, 0) is 4.79 Å². The van der Waals surface area contributed by atoms with E-state index in [1.165, 1.54) is 12.8 Å². The Bertz CT molecular complexity index is 311. The van der Waals surface area contributed by atoms with Crippen LogP contribution in [0.3, 0.4) is 0 Å². The van der Waals surface area contributed by atoms with Gasteiger partial charge in [-0.2, -0.15) is 0 Å². The molecule has 0 aromatic carbocycles. The normalized spacial score (nSPS) is 30.5. The number of nitrogens with zero attached hydrogens (tertiary/aromatic N) is 1. The number of carbonyl (C=O) groups excluding carboxylic acids is 1. The fourth-order valence-electron chi connectivity index (χ4n) is 3.55. The van der Waals surface area contributed by atoms with Crippen LogP contribution in [-0.4, -0.2) is 47.7 Å². The maximum atomic E-state index is 12.1. The first-order chi connectivity index (χ1) is 8.98. The number of carbonyl (C=O) groups is 1. The topological polar surface area (TPSA) is 52.6 Å². The van der Waals surface area contributed by atoms with Crippen molar-refractivity contribution in [1.82, 2.24) is 10.2 Å². The van der Waals surface area contributed by atoms with E-state index in [1.807, 2.05) is 0 Å². The first-order valence-electron chi connectivity index (χ1n) is 7.67. The summed E-state index contributed by atoms with van der Waals surface area (Å²) >= 11 is 0. The molecule has 1 amide bonds. The molecule has 2 aliphatic carbocycles. The Balaban J connectivity index is 1.78. The summed E-state index contributed by atoms with van der Waals surface area (Å²) in [6.07, 6.45) is 8.48. The Morgan fingerprint density at radius 2 is 1.95 bits per heavy atom. The monoisotopic (exact) mass is 268 g/mol. The van der Waals surface area contributed by atoms with Gasteiger partial charge in [0.15, 0.2) is 0 Å². The molecule has 0 saturated heterocycles. The Morgan fingerprint density at radius 3 is 2.58 bits per heavy atom. The highest BCUT2D eigenvalue weighted by Crippen LogP contribution is 2.32. The van der Waals surface area contributed by atoms with Gasteiger partial charge in [-0.05, 0) is 52.6 Å². The molecular formula is C15H28N2O2. The summed E-state index contributed by atoms with van der Waals surface area (Å²) in [5, 5.41) is 13.4. The van der Waals surface area contributed by atoms with Crippen molar-refractivity contribution in [3.05, 3.63) is 0 Å². The van der Waals surface area contributed by atoms with Crippen LogP contribution in [0.1, 0.15) is 57.8 Å². The lowest BCUT2D eigenvalue weighted by molar-refractivity contribution is -0.126. The van der Waals surface area contributed by atoms with Gasteiger partial charge < -0.3 is 15.3 Å². The second kappa shape index (κ2) is 6.23. The van der Waals surface area contributed by atoms with Gasteiger partial charge in [0.1, 0.15) is 0 Å². The zero-order valence-electron chi connectivity index (χ0n) is 12.3. The third-order valence-electron chi connectivity index (χ3n) is 4.77. The average molecular weight is 268 g/mol. The predicted octanol–water partition coefficient (Wildman–Crippen LogP) is 1.67. The number of amides is 1. The molecule has 19 heavy (non-hydrogen) atoms. The van der Waals surface area contributed by atoms with E-state index < -0.39 is 5.60 Å². The molecular weight excluding hydrogens is 240 g/mol. The largest absolute Gasteiger partial charge is 0.389 e. The molecule has 4 nitrogen and oxygen atoms in total. The van der Waals surface area contributed by atoms with Crippen LogP contribution in [0.2, 0.25) is 0 Å². The maximum Gasteiger partial charge on any atom is 0.223 e. The fraction of sp³-hybridized carbons (Fsp3) is 0.933. The van der Waals surface area contributed by atoms with Crippen molar-refractivity contribution in [2.45, 2.75) is 75.5 Å². The molecule has 2 unspecified atom stereocenters. The number of nitrogens with one attached hydrogen (secondary N) is 1. The van der Waals surface area contributed by atoms with E-state index in [1.54, 1.807) is 0 Å². The van der Waals surface area contributed by atoms with E-state index in [9.17, 15) is 9.90 Å². The van der Waals surface area contributed by atoms with Crippen LogP contribution in [0.15, 0.2) is 0 Å². The molecule has 2 saturated carbocycles. The van der Waals surface area contributed by atoms with E-state index in [0.29, 0.717) is 12.1 Å². The number of hydrogen-bond donors (Lipinski definition) is 2. The number of hydrogen-bond acceptors (Lipinski definition) is 3. The lowest BCUT2D eigenvalue weighted by Crippen LogP contribution is -2.45. The summed E-state index contributed by atoms with van der Waals surface area (Å²) in [6.45, 7) is 0. The maximum absolute atomic E-state index is 12.1. The van der Waals surface area contributed by atoms with Gasteiger partial charge in [-0.3, -0.25) is 4.79 Å². The van der Waals surface area contributed by atoms with Crippen LogP contribution >= 0.6 is 0 Å². The van der Waals surface area contributed by atoms with Gasteiger partial charge in [0.05, 0.1) is 12.0 Å². The molecule has 4 heteroatoms. The van der Waals surface area contributed by atoms with Crippen molar-refractivity contribution < 1.29 is 9.90 Å². The summed E-state index contributed by atoms with van der Waals surface area (Å²) in [5.74, 6) is 0.0359. The molecule has 2 N–H and O–H groups in total. The molecule has 2 aliphatic rings. The predicted molar refractivity (Wildman–Crippen MR) is 75.9 cm³/mol. The highest BCUT2D eigenvalue weighted by atomic mass is 16.3. The zero-order valence-corrected chi connectivity index (χ0v) is 12.3. The minimum atomic E-state index is -0.723. The van der Waals surface area contributed by atoms with Crippen LogP contribution in [0, 0.1) is 0 Å². The highest BCUT2D eigenvalue weighted by Gasteiger charge is 2.34. The summed E-state index contributed by atoms with van der Waals surface area (Å²) in [4.78, 5) is 14.3. The van der Waals surface area contributed by atoms with Gasteiger partial charge in [-0.15, -0.1) is 0 Å².